The fraction of sp³-hybridized carbons (Fsp3) is 0.333. The Hall–Kier alpha value is -3.72. The van der Waals surface area contributed by atoms with E-state index in [9.17, 15) is 14.7 Å². The van der Waals surface area contributed by atoms with E-state index in [0.717, 1.165) is 6.42 Å². The number of ether oxygens (including phenoxy) is 3. The molecule has 2 amide bonds. The van der Waals surface area contributed by atoms with Crippen LogP contribution in [0.15, 0.2) is 36.4 Å². The molecule has 0 unspecified atom stereocenters. The molecule has 0 aliphatic rings. The van der Waals surface area contributed by atoms with Gasteiger partial charge in [0.15, 0.2) is 11.5 Å². The van der Waals surface area contributed by atoms with E-state index in [0.29, 0.717) is 53.3 Å². The van der Waals surface area contributed by atoms with Crippen LogP contribution in [0.1, 0.15) is 36.8 Å². The molecular formula is C24H30N2O7. The number of hydrogen-bond donors (Lipinski definition) is 4. The summed E-state index contributed by atoms with van der Waals surface area (Å²) in [5.41, 5.74) is 3.20. The summed E-state index contributed by atoms with van der Waals surface area (Å²) in [6, 6.07) is 9.81. The molecule has 0 aliphatic carbocycles. The highest BCUT2D eigenvalue weighted by Crippen LogP contribution is 2.41. The zero-order valence-electron chi connectivity index (χ0n) is 19.0. The highest BCUT2D eigenvalue weighted by Gasteiger charge is 2.18. The monoisotopic (exact) mass is 458 g/mol. The maximum atomic E-state index is 13.1. The van der Waals surface area contributed by atoms with Crippen LogP contribution < -0.4 is 25.0 Å². The van der Waals surface area contributed by atoms with Gasteiger partial charge >= 0.3 is 0 Å². The summed E-state index contributed by atoms with van der Waals surface area (Å²) in [5.74, 6) is 0.687. The van der Waals surface area contributed by atoms with Crippen LogP contribution in [0.5, 0.6) is 23.0 Å². The third-order valence-electron chi connectivity index (χ3n) is 4.95. The molecule has 0 spiro atoms. The maximum Gasteiger partial charge on any atom is 0.251 e. The van der Waals surface area contributed by atoms with E-state index in [1.165, 1.54) is 33.5 Å². The number of benzene rings is 2. The van der Waals surface area contributed by atoms with E-state index in [1.807, 2.05) is 0 Å². The number of carbonyl (C=O) groups is 2. The number of rotatable bonds is 12. The van der Waals surface area contributed by atoms with Crippen molar-refractivity contribution in [2.45, 2.75) is 25.7 Å². The minimum atomic E-state index is -0.430. The normalized spacial score (nSPS) is 11.0. The molecule has 0 atom stereocenters. The third-order valence-corrected chi connectivity index (χ3v) is 4.95. The Bertz CT molecular complexity index is 972. The topological polar surface area (TPSA) is 126 Å². The first-order chi connectivity index (χ1) is 15.9. The van der Waals surface area contributed by atoms with E-state index in [2.05, 4.69) is 5.32 Å². The standard InChI is InChI=1S/C24H30N2O7/c1-31-20-13-10-17(22(32-2)23(20)33-3)15-19(16-8-11-18(27)12-9-16)24(29)25-14-6-4-5-7-21(28)26-30/h8-13,15,27,30H,4-7,14H2,1-3H3,(H,25,29)(H,26,28). The Balaban J connectivity index is 2.27. The molecule has 4 N–H and O–H groups in total. The van der Waals surface area contributed by atoms with Gasteiger partial charge in [-0.3, -0.25) is 14.8 Å². The Labute approximate surface area is 192 Å². The van der Waals surface area contributed by atoms with E-state index >= 15 is 0 Å². The maximum absolute atomic E-state index is 13.1. The minimum Gasteiger partial charge on any atom is -0.508 e. The van der Waals surface area contributed by atoms with Crippen molar-refractivity contribution >= 4 is 23.5 Å². The molecule has 0 fully saturated rings. The van der Waals surface area contributed by atoms with Gasteiger partial charge in [0.05, 0.1) is 21.3 Å². The lowest BCUT2D eigenvalue weighted by Gasteiger charge is -2.15. The number of methoxy groups -OCH3 is 3. The first-order valence-electron chi connectivity index (χ1n) is 10.5. The zero-order chi connectivity index (χ0) is 24.2. The average Bonchev–Trinajstić information content (AvgIpc) is 2.84. The quantitative estimate of drug-likeness (QED) is 0.127. The van der Waals surface area contributed by atoms with E-state index < -0.39 is 5.91 Å². The highest BCUT2D eigenvalue weighted by atomic mass is 16.5. The molecule has 0 aromatic heterocycles. The van der Waals surface area contributed by atoms with Crippen LogP contribution in [0.25, 0.3) is 11.6 Å². The Morgan fingerprint density at radius 2 is 1.61 bits per heavy atom. The highest BCUT2D eigenvalue weighted by molar-refractivity contribution is 6.24. The molecular weight excluding hydrogens is 428 g/mol. The Morgan fingerprint density at radius 1 is 0.909 bits per heavy atom. The Kier molecular flexibility index (Phi) is 10.0. The number of carbonyl (C=O) groups excluding carboxylic acids is 2. The second-order valence-electron chi connectivity index (χ2n) is 7.13. The predicted molar refractivity (Wildman–Crippen MR) is 123 cm³/mol. The molecule has 0 aliphatic heterocycles. The fourth-order valence-electron chi connectivity index (χ4n) is 3.25. The van der Waals surface area contributed by atoms with Gasteiger partial charge in [-0.05, 0) is 48.7 Å². The number of aromatic hydroxyl groups is 1. The van der Waals surface area contributed by atoms with Crippen molar-refractivity contribution in [3.8, 4) is 23.0 Å². The van der Waals surface area contributed by atoms with Gasteiger partial charge in [0.1, 0.15) is 5.75 Å². The molecule has 2 aromatic rings. The summed E-state index contributed by atoms with van der Waals surface area (Å²) < 4.78 is 16.3. The largest absolute Gasteiger partial charge is 0.508 e. The second kappa shape index (κ2) is 13.0. The molecule has 0 heterocycles. The third kappa shape index (κ3) is 7.15. The van der Waals surface area contributed by atoms with Gasteiger partial charge in [0.2, 0.25) is 11.7 Å². The average molecular weight is 459 g/mol. The molecule has 9 nitrogen and oxygen atoms in total. The number of unbranched alkanes of at least 4 members (excludes halogenated alkanes) is 2. The van der Waals surface area contributed by atoms with Crippen LogP contribution in [0.3, 0.4) is 0 Å². The SMILES string of the molecule is COc1ccc(C=C(C(=O)NCCCCCC(=O)NO)c2ccc(O)cc2)c(OC)c1OC. The number of nitrogens with one attached hydrogen (secondary N) is 2. The predicted octanol–water partition coefficient (Wildman–Crippen LogP) is 3.14. The summed E-state index contributed by atoms with van der Waals surface area (Å²) in [4.78, 5) is 24.1. The van der Waals surface area contributed by atoms with Crippen molar-refractivity contribution < 1.29 is 34.1 Å². The molecule has 9 heteroatoms. The zero-order valence-corrected chi connectivity index (χ0v) is 19.0. The summed E-state index contributed by atoms with van der Waals surface area (Å²) in [5, 5.41) is 21.0. The van der Waals surface area contributed by atoms with Crippen molar-refractivity contribution in [1.82, 2.24) is 10.8 Å². The molecule has 0 radical (unpaired) electrons. The van der Waals surface area contributed by atoms with Crippen LogP contribution in [0.2, 0.25) is 0 Å². The molecule has 0 saturated heterocycles. The van der Waals surface area contributed by atoms with Gasteiger partial charge in [0, 0.05) is 24.1 Å². The number of phenolic OH excluding ortho intramolecular Hbond substituents is 1. The van der Waals surface area contributed by atoms with Crippen LogP contribution in [0, 0.1) is 0 Å². The van der Waals surface area contributed by atoms with E-state index in [-0.39, 0.29) is 18.1 Å². The molecule has 178 valence electrons. The van der Waals surface area contributed by atoms with Crippen molar-refractivity contribution in [2.75, 3.05) is 27.9 Å². The lowest BCUT2D eigenvalue weighted by molar-refractivity contribution is -0.129. The van der Waals surface area contributed by atoms with Gasteiger partial charge in [-0.2, -0.15) is 0 Å². The van der Waals surface area contributed by atoms with Crippen molar-refractivity contribution in [3.63, 3.8) is 0 Å². The summed E-state index contributed by atoms with van der Waals surface area (Å²) >= 11 is 0. The number of hydrogen-bond acceptors (Lipinski definition) is 7. The van der Waals surface area contributed by atoms with Crippen molar-refractivity contribution in [1.29, 1.82) is 0 Å². The van der Waals surface area contributed by atoms with Crippen LogP contribution in [0.4, 0.5) is 0 Å². The number of phenols is 1. The van der Waals surface area contributed by atoms with E-state index in [1.54, 1.807) is 35.8 Å². The molecule has 2 aromatic carbocycles. The van der Waals surface area contributed by atoms with Gasteiger partial charge in [-0.1, -0.05) is 18.6 Å². The fourth-order valence-corrected chi connectivity index (χ4v) is 3.25. The van der Waals surface area contributed by atoms with Crippen LogP contribution in [-0.2, 0) is 9.59 Å². The van der Waals surface area contributed by atoms with Crippen molar-refractivity contribution in [2.24, 2.45) is 0 Å². The first-order valence-corrected chi connectivity index (χ1v) is 10.5. The summed E-state index contributed by atoms with van der Waals surface area (Å²) in [6.45, 7) is 0.415. The number of amides is 2. The van der Waals surface area contributed by atoms with Crippen LogP contribution in [-0.4, -0.2) is 50.0 Å². The van der Waals surface area contributed by atoms with Crippen molar-refractivity contribution in [3.05, 3.63) is 47.5 Å². The smallest absolute Gasteiger partial charge is 0.251 e. The lowest BCUT2D eigenvalue weighted by Crippen LogP contribution is -2.25. The Morgan fingerprint density at radius 3 is 2.21 bits per heavy atom. The molecule has 0 saturated carbocycles. The summed E-state index contributed by atoms with van der Waals surface area (Å²) in [6.07, 6.45) is 3.91. The first kappa shape index (κ1) is 25.5. The van der Waals surface area contributed by atoms with Gasteiger partial charge < -0.3 is 24.6 Å². The second-order valence-corrected chi connectivity index (χ2v) is 7.13. The van der Waals surface area contributed by atoms with Gasteiger partial charge in [-0.15, -0.1) is 0 Å². The van der Waals surface area contributed by atoms with Gasteiger partial charge in [-0.25, -0.2) is 5.48 Å². The minimum absolute atomic E-state index is 0.0918. The molecule has 0 bridgehead atoms. The molecule has 2 rings (SSSR count). The van der Waals surface area contributed by atoms with Gasteiger partial charge in [0.25, 0.3) is 5.91 Å². The van der Waals surface area contributed by atoms with Crippen LogP contribution >= 0.6 is 0 Å². The lowest BCUT2D eigenvalue weighted by atomic mass is 10.0. The number of hydroxylamine groups is 1. The van der Waals surface area contributed by atoms with E-state index in [4.69, 9.17) is 19.4 Å². The summed E-state index contributed by atoms with van der Waals surface area (Å²) in [7, 11) is 4.54. The molecule has 33 heavy (non-hydrogen) atoms.